The number of thiazole rings is 1. The highest BCUT2D eigenvalue weighted by atomic mass is 32.1. The quantitative estimate of drug-likeness (QED) is 0.834. The molecule has 23 heavy (non-hydrogen) atoms. The van der Waals surface area contributed by atoms with Gasteiger partial charge in [-0.15, -0.1) is 11.3 Å². The number of carbonyl (C=O) groups excluding carboxylic acids is 2. The van der Waals surface area contributed by atoms with Gasteiger partial charge in [0, 0.05) is 32.1 Å². The molecule has 1 atom stereocenters. The predicted molar refractivity (Wildman–Crippen MR) is 87.0 cm³/mol. The van der Waals surface area contributed by atoms with Crippen LogP contribution in [0.15, 0.2) is 5.38 Å². The van der Waals surface area contributed by atoms with Gasteiger partial charge >= 0.3 is 0 Å². The van der Waals surface area contributed by atoms with Crippen molar-refractivity contribution >= 4 is 23.2 Å². The van der Waals surface area contributed by atoms with Crippen LogP contribution in [-0.4, -0.2) is 59.9 Å². The Kier molecular flexibility index (Phi) is 4.68. The van der Waals surface area contributed by atoms with Crippen molar-refractivity contribution in [3.05, 3.63) is 16.1 Å². The Morgan fingerprint density at radius 2 is 2.26 bits per heavy atom. The summed E-state index contributed by atoms with van der Waals surface area (Å²) in [4.78, 5) is 33.2. The molecule has 0 radical (unpaired) electrons. The molecule has 0 aliphatic carbocycles. The number of methoxy groups -OCH3 is 1. The first kappa shape index (κ1) is 16.4. The molecular weight excluding hydrogens is 314 g/mol. The second-order valence-corrected chi connectivity index (χ2v) is 7.53. The van der Waals surface area contributed by atoms with E-state index in [0.717, 1.165) is 43.1 Å². The van der Waals surface area contributed by atoms with E-state index >= 15 is 0 Å². The fourth-order valence-electron chi connectivity index (χ4n) is 3.66. The van der Waals surface area contributed by atoms with Crippen molar-refractivity contribution in [1.29, 1.82) is 0 Å². The molecule has 7 heteroatoms. The summed E-state index contributed by atoms with van der Waals surface area (Å²) in [5, 5.41) is 3.04. The van der Waals surface area contributed by atoms with Gasteiger partial charge in [0.25, 0.3) is 0 Å². The van der Waals surface area contributed by atoms with Crippen LogP contribution in [0, 0.1) is 12.3 Å². The van der Waals surface area contributed by atoms with Crippen molar-refractivity contribution in [3.8, 4) is 0 Å². The van der Waals surface area contributed by atoms with Crippen molar-refractivity contribution in [3.63, 3.8) is 0 Å². The first-order valence-corrected chi connectivity index (χ1v) is 8.89. The van der Waals surface area contributed by atoms with Crippen LogP contribution in [0.4, 0.5) is 0 Å². The van der Waals surface area contributed by atoms with Crippen LogP contribution < -0.4 is 0 Å². The number of rotatable bonds is 4. The number of piperidine rings is 1. The average Bonchev–Trinajstić information content (AvgIpc) is 3.07. The van der Waals surface area contributed by atoms with Crippen molar-refractivity contribution in [2.24, 2.45) is 5.41 Å². The normalized spacial score (nSPS) is 24.7. The summed E-state index contributed by atoms with van der Waals surface area (Å²) < 4.78 is 4.94. The summed E-state index contributed by atoms with van der Waals surface area (Å²) in [6.07, 6.45) is 2.58. The minimum atomic E-state index is -0.396. The summed E-state index contributed by atoms with van der Waals surface area (Å²) in [6.45, 7) is 4.65. The molecule has 2 saturated heterocycles. The van der Waals surface area contributed by atoms with E-state index in [1.165, 1.54) is 7.11 Å². The molecule has 0 saturated carbocycles. The zero-order valence-corrected chi connectivity index (χ0v) is 14.5. The van der Waals surface area contributed by atoms with Crippen LogP contribution in [-0.2, 0) is 20.9 Å². The van der Waals surface area contributed by atoms with Gasteiger partial charge in [-0.1, -0.05) is 0 Å². The summed E-state index contributed by atoms with van der Waals surface area (Å²) in [6, 6.07) is 0. The minimum Gasteiger partial charge on any atom is -0.375 e. The Balaban J connectivity index is 1.68. The van der Waals surface area contributed by atoms with Gasteiger partial charge in [0.15, 0.2) is 0 Å². The van der Waals surface area contributed by atoms with Gasteiger partial charge in [-0.2, -0.15) is 0 Å². The van der Waals surface area contributed by atoms with Gasteiger partial charge in [0.2, 0.25) is 11.8 Å². The SMILES string of the molecule is COCC(=O)N1CCC[C@@]2(CCN(Cc3csc(C)n3)C2=O)C1. The molecule has 1 aromatic rings. The lowest BCUT2D eigenvalue weighted by Crippen LogP contribution is -2.50. The van der Waals surface area contributed by atoms with Gasteiger partial charge in [-0.25, -0.2) is 4.98 Å². The average molecular weight is 337 g/mol. The predicted octanol–water partition coefficient (Wildman–Crippen LogP) is 1.44. The molecule has 0 N–H and O–H groups in total. The molecule has 6 nitrogen and oxygen atoms in total. The highest BCUT2D eigenvalue weighted by Gasteiger charge is 2.49. The van der Waals surface area contributed by atoms with Crippen LogP contribution in [0.3, 0.4) is 0 Å². The van der Waals surface area contributed by atoms with Crippen molar-refractivity contribution < 1.29 is 14.3 Å². The highest BCUT2D eigenvalue weighted by molar-refractivity contribution is 7.09. The van der Waals surface area contributed by atoms with E-state index in [1.807, 2.05) is 17.2 Å². The fraction of sp³-hybridized carbons (Fsp3) is 0.688. The fourth-order valence-corrected chi connectivity index (χ4v) is 4.26. The van der Waals surface area contributed by atoms with Crippen LogP contribution in [0.25, 0.3) is 0 Å². The molecule has 2 amide bonds. The van der Waals surface area contributed by atoms with Crippen molar-refractivity contribution in [2.45, 2.75) is 32.7 Å². The maximum Gasteiger partial charge on any atom is 0.248 e. The Labute approximate surface area is 140 Å². The first-order chi connectivity index (χ1) is 11.0. The maximum absolute atomic E-state index is 13.0. The Morgan fingerprint density at radius 1 is 1.43 bits per heavy atom. The molecule has 2 aliphatic heterocycles. The monoisotopic (exact) mass is 337 g/mol. The minimum absolute atomic E-state index is 0.0204. The maximum atomic E-state index is 13.0. The second-order valence-electron chi connectivity index (χ2n) is 6.47. The third-order valence-electron chi connectivity index (χ3n) is 4.82. The Morgan fingerprint density at radius 3 is 2.96 bits per heavy atom. The molecule has 0 bridgehead atoms. The van der Waals surface area contributed by atoms with E-state index in [4.69, 9.17) is 4.74 Å². The number of likely N-dealkylation sites (tertiary alicyclic amines) is 2. The van der Waals surface area contributed by atoms with Crippen LogP contribution in [0.5, 0.6) is 0 Å². The molecular formula is C16H23N3O3S. The van der Waals surface area contributed by atoms with Gasteiger partial charge in [-0.05, 0) is 26.2 Å². The third-order valence-corrected chi connectivity index (χ3v) is 5.64. The molecule has 3 rings (SSSR count). The van der Waals surface area contributed by atoms with Crippen LogP contribution >= 0.6 is 11.3 Å². The summed E-state index contributed by atoms with van der Waals surface area (Å²) in [5.41, 5.74) is 0.563. The number of nitrogens with zero attached hydrogens (tertiary/aromatic N) is 3. The largest absolute Gasteiger partial charge is 0.375 e. The molecule has 1 spiro atoms. The summed E-state index contributed by atoms with van der Waals surface area (Å²) >= 11 is 1.61. The van der Waals surface area contributed by atoms with Crippen molar-refractivity contribution in [1.82, 2.24) is 14.8 Å². The lowest BCUT2D eigenvalue weighted by atomic mass is 9.78. The molecule has 2 fully saturated rings. The summed E-state index contributed by atoms with van der Waals surface area (Å²) in [7, 11) is 1.52. The zero-order chi connectivity index (χ0) is 16.4. The molecule has 3 heterocycles. The van der Waals surface area contributed by atoms with E-state index < -0.39 is 5.41 Å². The van der Waals surface area contributed by atoms with Gasteiger partial charge < -0.3 is 14.5 Å². The number of amides is 2. The van der Waals surface area contributed by atoms with E-state index in [9.17, 15) is 9.59 Å². The van der Waals surface area contributed by atoms with Gasteiger partial charge in [0.1, 0.15) is 6.61 Å². The number of hydrogen-bond donors (Lipinski definition) is 0. The van der Waals surface area contributed by atoms with E-state index in [0.29, 0.717) is 13.1 Å². The third kappa shape index (κ3) is 3.26. The van der Waals surface area contributed by atoms with E-state index in [1.54, 1.807) is 16.2 Å². The lowest BCUT2D eigenvalue weighted by Gasteiger charge is -2.39. The smallest absolute Gasteiger partial charge is 0.248 e. The lowest BCUT2D eigenvalue weighted by molar-refractivity contribution is -0.145. The standard InChI is InChI=1S/C16H23N3O3S/c1-12-17-13(10-23-12)8-18-7-5-16(15(18)21)4-3-6-19(11-16)14(20)9-22-2/h10H,3-9,11H2,1-2H3/t16-/m1/s1. The number of carbonyl (C=O) groups is 2. The summed E-state index contributed by atoms with van der Waals surface area (Å²) in [5.74, 6) is 0.158. The molecule has 126 valence electrons. The second kappa shape index (κ2) is 6.57. The van der Waals surface area contributed by atoms with Crippen molar-refractivity contribution in [2.75, 3.05) is 33.4 Å². The number of aryl methyl sites for hydroxylation is 1. The molecule has 1 aromatic heterocycles. The Bertz CT molecular complexity index is 603. The molecule has 2 aliphatic rings. The van der Waals surface area contributed by atoms with Crippen LogP contribution in [0.2, 0.25) is 0 Å². The number of aromatic nitrogens is 1. The highest BCUT2D eigenvalue weighted by Crippen LogP contribution is 2.40. The molecule has 0 aromatic carbocycles. The zero-order valence-electron chi connectivity index (χ0n) is 13.7. The van der Waals surface area contributed by atoms with Gasteiger partial charge in [-0.3, -0.25) is 9.59 Å². The van der Waals surface area contributed by atoms with Crippen LogP contribution in [0.1, 0.15) is 30.0 Å². The van der Waals surface area contributed by atoms with Gasteiger partial charge in [0.05, 0.1) is 22.7 Å². The van der Waals surface area contributed by atoms with E-state index in [2.05, 4.69) is 4.98 Å². The first-order valence-electron chi connectivity index (χ1n) is 8.01. The number of ether oxygens (including phenoxy) is 1. The molecule has 0 unspecified atom stereocenters. The Hall–Kier alpha value is -1.47. The number of hydrogen-bond acceptors (Lipinski definition) is 5. The topological polar surface area (TPSA) is 62.7 Å². The van der Waals surface area contributed by atoms with E-state index in [-0.39, 0.29) is 18.4 Å².